The molecule has 2 atom stereocenters. The Balaban J connectivity index is 1.72. The molecule has 2 aromatic rings. The van der Waals surface area contributed by atoms with Crippen molar-refractivity contribution in [2.75, 3.05) is 25.1 Å². The number of nitrogens with zero attached hydrogens (tertiary/aromatic N) is 4. The summed E-state index contributed by atoms with van der Waals surface area (Å²) in [5.74, 6) is 0.343. The van der Waals surface area contributed by atoms with E-state index in [9.17, 15) is 9.50 Å². The summed E-state index contributed by atoms with van der Waals surface area (Å²) in [4.78, 5) is 9.79. The van der Waals surface area contributed by atoms with Crippen LogP contribution in [0.15, 0.2) is 16.8 Å². The second-order valence-corrected chi connectivity index (χ2v) is 5.40. The van der Waals surface area contributed by atoms with E-state index in [0.29, 0.717) is 25.5 Å². The fourth-order valence-corrected chi connectivity index (χ4v) is 2.63. The highest BCUT2D eigenvalue weighted by Crippen LogP contribution is 2.26. The van der Waals surface area contributed by atoms with Gasteiger partial charge in [-0.25, -0.2) is 4.98 Å². The Morgan fingerprint density at radius 2 is 2.32 bits per heavy atom. The van der Waals surface area contributed by atoms with Crippen molar-refractivity contribution < 1.29 is 18.8 Å². The van der Waals surface area contributed by atoms with Gasteiger partial charge in [-0.1, -0.05) is 5.16 Å². The van der Waals surface area contributed by atoms with Gasteiger partial charge in [-0.3, -0.25) is 0 Å². The van der Waals surface area contributed by atoms with Crippen molar-refractivity contribution in [3.8, 4) is 5.88 Å². The molecule has 22 heavy (non-hydrogen) atoms. The lowest BCUT2D eigenvalue weighted by Gasteiger charge is -2.16. The second kappa shape index (κ2) is 5.88. The Bertz CT molecular complexity index is 663. The van der Waals surface area contributed by atoms with Crippen molar-refractivity contribution in [1.82, 2.24) is 15.1 Å². The summed E-state index contributed by atoms with van der Waals surface area (Å²) in [5, 5.41) is 14.0. The number of aliphatic hydroxyl groups excluding tert-OH is 1. The Hall–Kier alpha value is -2.22. The molecule has 3 rings (SSSR count). The van der Waals surface area contributed by atoms with E-state index in [-0.39, 0.29) is 11.8 Å². The van der Waals surface area contributed by atoms with Crippen LogP contribution < -0.4 is 9.64 Å². The van der Waals surface area contributed by atoms with Crippen molar-refractivity contribution >= 4 is 5.95 Å². The van der Waals surface area contributed by atoms with Gasteiger partial charge in [0.2, 0.25) is 11.8 Å². The number of β-amino-alcohol motifs (C(OH)–C–C–N with tert-alkyl or cyclic N) is 1. The van der Waals surface area contributed by atoms with E-state index in [2.05, 4.69) is 15.1 Å². The first-order valence-corrected chi connectivity index (χ1v) is 6.98. The number of ether oxygens (including phenoxy) is 1. The molecule has 1 fully saturated rings. The molecule has 1 aliphatic heterocycles. The smallest absolute Gasteiger partial charge is 0.255 e. The van der Waals surface area contributed by atoms with Gasteiger partial charge >= 0.3 is 0 Å². The molecular formula is C14H17FN4O3. The largest absolute Gasteiger partial charge is 0.479 e. The minimum atomic E-state index is -0.611. The molecule has 3 heterocycles. The third-order valence-corrected chi connectivity index (χ3v) is 3.72. The molecule has 2 aromatic heterocycles. The summed E-state index contributed by atoms with van der Waals surface area (Å²) < 4.78 is 23.4. The van der Waals surface area contributed by atoms with Gasteiger partial charge in [0.15, 0.2) is 0 Å². The van der Waals surface area contributed by atoms with E-state index < -0.39 is 11.9 Å². The normalized spacial score (nSPS) is 21.4. The van der Waals surface area contributed by atoms with E-state index >= 15 is 0 Å². The summed E-state index contributed by atoms with van der Waals surface area (Å²) in [5.41, 5.74) is 0.811. The molecule has 1 saturated heterocycles. The average molecular weight is 308 g/mol. The minimum absolute atomic E-state index is 0.0213. The molecule has 1 aliphatic rings. The number of hydrogen-bond donors (Lipinski definition) is 1. The molecule has 0 spiro atoms. The van der Waals surface area contributed by atoms with Gasteiger partial charge in [0.05, 0.1) is 25.1 Å². The van der Waals surface area contributed by atoms with Crippen LogP contribution in [0.25, 0.3) is 0 Å². The predicted octanol–water partition coefficient (Wildman–Crippen LogP) is 0.961. The van der Waals surface area contributed by atoms with E-state index in [1.54, 1.807) is 4.90 Å². The highest BCUT2D eigenvalue weighted by Gasteiger charge is 2.34. The first kappa shape index (κ1) is 14.7. The minimum Gasteiger partial charge on any atom is -0.479 e. The van der Waals surface area contributed by atoms with Crippen LogP contribution in [0, 0.1) is 18.7 Å². The molecule has 0 saturated carbocycles. The van der Waals surface area contributed by atoms with Gasteiger partial charge in [0, 0.05) is 31.5 Å². The van der Waals surface area contributed by atoms with E-state index in [4.69, 9.17) is 9.26 Å². The van der Waals surface area contributed by atoms with Crippen molar-refractivity contribution in [3.63, 3.8) is 0 Å². The fraction of sp³-hybridized carbons (Fsp3) is 0.500. The van der Waals surface area contributed by atoms with Gasteiger partial charge in [-0.15, -0.1) is 0 Å². The van der Waals surface area contributed by atoms with Crippen LogP contribution in [0.3, 0.4) is 0 Å². The van der Waals surface area contributed by atoms with Gasteiger partial charge in [-0.2, -0.15) is 9.37 Å². The maximum absolute atomic E-state index is 13.4. The first-order chi connectivity index (χ1) is 10.6. The number of aryl methyl sites for hydroxylation is 1. The van der Waals surface area contributed by atoms with E-state index in [1.165, 1.54) is 7.11 Å². The maximum Gasteiger partial charge on any atom is 0.255 e. The molecular weight excluding hydrogens is 291 g/mol. The Labute approximate surface area is 126 Å². The predicted molar refractivity (Wildman–Crippen MR) is 75.2 cm³/mol. The lowest BCUT2D eigenvalue weighted by atomic mass is 10.0. The van der Waals surface area contributed by atoms with Crippen molar-refractivity contribution in [2.24, 2.45) is 5.92 Å². The third kappa shape index (κ3) is 2.87. The zero-order valence-electron chi connectivity index (χ0n) is 12.4. The molecule has 118 valence electrons. The molecule has 1 N–H and O–H groups in total. The molecule has 7 nitrogen and oxygen atoms in total. The lowest BCUT2D eigenvalue weighted by molar-refractivity contribution is 0.143. The van der Waals surface area contributed by atoms with Crippen LogP contribution in [0.2, 0.25) is 0 Å². The molecule has 0 aliphatic carbocycles. The van der Waals surface area contributed by atoms with Crippen LogP contribution in [0.5, 0.6) is 5.88 Å². The highest BCUT2D eigenvalue weighted by molar-refractivity contribution is 5.35. The van der Waals surface area contributed by atoms with Gasteiger partial charge in [0.1, 0.15) is 5.76 Å². The topological polar surface area (TPSA) is 84.5 Å². The van der Waals surface area contributed by atoms with Crippen LogP contribution in [0.4, 0.5) is 10.3 Å². The van der Waals surface area contributed by atoms with Gasteiger partial charge in [-0.05, 0) is 6.92 Å². The van der Waals surface area contributed by atoms with Crippen molar-refractivity contribution in [1.29, 1.82) is 0 Å². The quantitative estimate of drug-likeness (QED) is 0.900. The average Bonchev–Trinajstić information content (AvgIpc) is 3.06. The lowest BCUT2D eigenvalue weighted by Crippen LogP contribution is -2.23. The summed E-state index contributed by atoms with van der Waals surface area (Å²) in [6.45, 7) is 2.78. The number of methoxy groups -OCH3 is 1. The number of aliphatic hydroxyl groups is 1. The summed E-state index contributed by atoms with van der Waals surface area (Å²) >= 11 is 0. The highest BCUT2D eigenvalue weighted by atomic mass is 19.1. The Morgan fingerprint density at radius 1 is 1.50 bits per heavy atom. The van der Waals surface area contributed by atoms with Gasteiger partial charge in [0.25, 0.3) is 5.88 Å². The number of anilines is 1. The number of aromatic nitrogens is 3. The summed E-state index contributed by atoms with van der Waals surface area (Å²) in [6.07, 6.45) is 1.11. The first-order valence-electron chi connectivity index (χ1n) is 6.98. The van der Waals surface area contributed by atoms with Crippen LogP contribution in [-0.2, 0) is 6.42 Å². The Kier molecular flexibility index (Phi) is 3.93. The molecule has 0 bridgehead atoms. The molecule has 8 heteroatoms. The molecule has 0 amide bonds. The SMILES string of the molecule is COc1nc(N2C[C@@H](Cc3cc(C)no3)[C@@H](O)C2)ncc1F. The molecule has 0 radical (unpaired) electrons. The van der Waals surface area contributed by atoms with Gasteiger partial charge < -0.3 is 19.3 Å². The van der Waals surface area contributed by atoms with Crippen LogP contribution in [-0.4, -0.2) is 46.5 Å². The summed E-state index contributed by atoms with van der Waals surface area (Å²) in [7, 11) is 1.35. The zero-order chi connectivity index (χ0) is 15.7. The van der Waals surface area contributed by atoms with Crippen LogP contribution in [0.1, 0.15) is 11.5 Å². The maximum atomic E-state index is 13.4. The van der Waals surface area contributed by atoms with Crippen LogP contribution >= 0.6 is 0 Å². The number of halogens is 1. The second-order valence-electron chi connectivity index (χ2n) is 5.40. The van der Waals surface area contributed by atoms with Crippen molar-refractivity contribution in [2.45, 2.75) is 19.4 Å². The molecule has 0 unspecified atom stereocenters. The third-order valence-electron chi connectivity index (χ3n) is 3.72. The van der Waals surface area contributed by atoms with E-state index in [1.807, 2.05) is 13.0 Å². The molecule has 0 aromatic carbocycles. The summed E-state index contributed by atoms with van der Waals surface area (Å²) in [6, 6.07) is 1.85. The zero-order valence-corrected chi connectivity index (χ0v) is 12.4. The van der Waals surface area contributed by atoms with E-state index in [0.717, 1.165) is 17.7 Å². The fourth-order valence-electron chi connectivity index (χ4n) is 2.63. The van der Waals surface area contributed by atoms with Crippen molar-refractivity contribution in [3.05, 3.63) is 29.5 Å². The number of hydrogen-bond acceptors (Lipinski definition) is 7. The number of rotatable bonds is 4. The standard InChI is InChI=1S/C14H17FN4O3/c1-8-3-10(22-18-8)4-9-6-19(7-12(9)20)14-16-5-11(15)13(17-14)21-2/h3,5,9,12,20H,4,6-7H2,1-2H3/t9-,12+/m1/s1. The monoisotopic (exact) mass is 308 g/mol. The Morgan fingerprint density at radius 3 is 3.00 bits per heavy atom.